The highest BCUT2D eigenvalue weighted by Gasteiger charge is 2.27. The smallest absolute Gasteiger partial charge is 0.210 e. The largest absolute Gasteiger partial charge is 0.288 e. The second-order valence-electron chi connectivity index (χ2n) is 5.86. The van der Waals surface area contributed by atoms with Gasteiger partial charge in [-0.05, 0) is 49.6 Å². The molecule has 0 saturated heterocycles. The van der Waals surface area contributed by atoms with Crippen LogP contribution in [0, 0.1) is 6.92 Å². The van der Waals surface area contributed by atoms with Crippen molar-refractivity contribution in [2.24, 2.45) is 0 Å². The summed E-state index contributed by atoms with van der Waals surface area (Å²) in [6.07, 6.45) is 3.86. The SMILES string of the molecule is CC/C=C(\C)C(=O)/C(=C\c1ccccc1)S(=O)(=O)c1ccc(C)cc1. The Kier molecular flexibility index (Phi) is 6.10. The van der Waals surface area contributed by atoms with Crippen LogP contribution in [-0.4, -0.2) is 14.2 Å². The summed E-state index contributed by atoms with van der Waals surface area (Å²) in [5, 5.41) is 0. The summed E-state index contributed by atoms with van der Waals surface area (Å²) in [7, 11) is -3.91. The lowest BCUT2D eigenvalue weighted by molar-refractivity contribution is -0.111. The van der Waals surface area contributed by atoms with Gasteiger partial charge < -0.3 is 0 Å². The van der Waals surface area contributed by atoms with Gasteiger partial charge in [-0.1, -0.05) is 61.0 Å². The van der Waals surface area contributed by atoms with Gasteiger partial charge in [0.2, 0.25) is 9.84 Å². The molecule has 25 heavy (non-hydrogen) atoms. The second-order valence-corrected chi connectivity index (χ2v) is 7.78. The summed E-state index contributed by atoms with van der Waals surface area (Å²) in [5.74, 6) is -0.466. The predicted octanol–water partition coefficient (Wildman–Crippen LogP) is 4.74. The van der Waals surface area contributed by atoms with Crippen LogP contribution >= 0.6 is 0 Å². The number of rotatable bonds is 6. The fourth-order valence-corrected chi connectivity index (χ4v) is 3.85. The van der Waals surface area contributed by atoms with Crippen molar-refractivity contribution in [1.82, 2.24) is 0 Å². The molecule has 0 aliphatic rings. The molecule has 4 heteroatoms. The van der Waals surface area contributed by atoms with Crippen LogP contribution < -0.4 is 0 Å². The molecular weight excluding hydrogens is 332 g/mol. The summed E-state index contributed by atoms with van der Waals surface area (Å²) in [4.78, 5) is 12.7. The summed E-state index contributed by atoms with van der Waals surface area (Å²) < 4.78 is 26.2. The topological polar surface area (TPSA) is 51.2 Å². The molecule has 2 aromatic rings. The van der Waals surface area contributed by atoms with Gasteiger partial charge in [-0.25, -0.2) is 8.42 Å². The molecule has 0 radical (unpaired) electrons. The third-order valence-corrected chi connectivity index (χ3v) is 5.59. The van der Waals surface area contributed by atoms with Crippen molar-refractivity contribution in [2.45, 2.75) is 32.1 Å². The molecular formula is C21H22O3S. The Hall–Kier alpha value is -2.46. The van der Waals surface area contributed by atoms with Crippen LogP contribution in [0.25, 0.3) is 6.08 Å². The van der Waals surface area contributed by atoms with E-state index in [9.17, 15) is 13.2 Å². The van der Waals surface area contributed by atoms with Gasteiger partial charge in [0.1, 0.15) is 4.91 Å². The molecule has 130 valence electrons. The maximum Gasteiger partial charge on any atom is 0.210 e. The fraction of sp³-hybridized carbons (Fsp3) is 0.190. The number of Topliss-reactive ketones (excluding diaryl/α,β-unsaturated/α-hetero) is 1. The number of allylic oxidation sites excluding steroid dienone is 3. The third kappa shape index (κ3) is 4.54. The van der Waals surface area contributed by atoms with Crippen molar-refractivity contribution in [1.29, 1.82) is 0 Å². The predicted molar refractivity (Wildman–Crippen MR) is 102 cm³/mol. The van der Waals surface area contributed by atoms with E-state index >= 15 is 0 Å². The van der Waals surface area contributed by atoms with Gasteiger partial charge in [0.05, 0.1) is 4.90 Å². The molecule has 2 aromatic carbocycles. The Morgan fingerprint density at radius 2 is 1.60 bits per heavy atom. The molecule has 0 N–H and O–H groups in total. The normalized spacial score (nSPS) is 12.9. The van der Waals surface area contributed by atoms with Crippen molar-refractivity contribution in [3.05, 3.63) is 82.3 Å². The molecule has 3 nitrogen and oxygen atoms in total. The Bertz CT molecular complexity index is 903. The van der Waals surface area contributed by atoms with E-state index in [1.165, 1.54) is 18.2 Å². The number of hydrogen-bond donors (Lipinski definition) is 0. The third-order valence-electron chi connectivity index (χ3n) is 3.81. The standard InChI is InChI=1S/C21H22O3S/c1-4-8-17(3)21(22)20(15-18-9-6-5-7-10-18)25(23,24)19-13-11-16(2)12-14-19/h5-15H,4H2,1-3H3/b17-8+,20-15+. The number of carbonyl (C=O) groups is 1. The molecule has 0 atom stereocenters. The van der Waals surface area contributed by atoms with Crippen molar-refractivity contribution >= 4 is 21.7 Å². The van der Waals surface area contributed by atoms with Gasteiger partial charge in [0.25, 0.3) is 0 Å². The van der Waals surface area contributed by atoms with Crippen LogP contribution in [0.1, 0.15) is 31.4 Å². The minimum absolute atomic E-state index is 0.123. The first-order chi connectivity index (χ1) is 11.9. The van der Waals surface area contributed by atoms with E-state index in [1.54, 1.807) is 49.4 Å². The zero-order valence-corrected chi connectivity index (χ0v) is 15.5. The number of carbonyl (C=O) groups excluding carboxylic acids is 1. The molecule has 2 rings (SSSR count). The average molecular weight is 354 g/mol. The lowest BCUT2D eigenvalue weighted by Crippen LogP contribution is -2.15. The quantitative estimate of drug-likeness (QED) is 0.704. The van der Waals surface area contributed by atoms with Crippen LogP contribution in [0.2, 0.25) is 0 Å². The van der Waals surface area contributed by atoms with E-state index in [-0.39, 0.29) is 9.80 Å². The summed E-state index contributed by atoms with van der Waals surface area (Å²) in [6, 6.07) is 15.5. The first-order valence-electron chi connectivity index (χ1n) is 8.16. The summed E-state index contributed by atoms with van der Waals surface area (Å²) in [5.41, 5.74) is 2.06. The average Bonchev–Trinajstić information content (AvgIpc) is 2.60. The lowest BCUT2D eigenvalue weighted by atomic mass is 10.1. The Morgan fingerprint density at radius 1 is 1.00 bits per heavy atom. The highest BCUT2D eigenvalue weighted by atomic mass is 32.2. The number of ketones is 1. The van der Waals surface area contributed by atoms with E-state index in [0.717, 1.165) is 5.56 Å². The zero-order chi connectivity index (χ0) is 18.4. The highest BCUT2D eigenvalue weighted by Crippen LogP contribution is 2.25. The van der Waals surface area contributed by atoms with Gasteiger partial charge in [0, 0.05) is 0 Å². The van der Waals surface area contributed by atoms with Gasteiger partial charge in [-0.3, -0.25) is 4.79 Å². The van der Waals surface area contributed by atoms with Crippen LogP contribution in [0.15, 0.2) is 76.0 Å². The number of sulfone groups is 1. The van der Waals surface area contributed by atoms with Gasteiger partial charge in [0.15, 0.2) is 5.78 Å². The minimum atomic E-state index is -3.91. The monoisotopic (exact) mass is 354 g/mol. The lowest BCUT2D eigenvalue weighted by Gasteiger charge is -2.10. The molecule has 0 bridgehead atoms. The molecule has 0 spiro atoms. The number of aryl methyl sites for hydroxylation is 1. The van der Waals surface area contributed by atoms with Crippen molar-refractivity contribution in [2.75, 3.05) is 0 Å². The fourth-order valence-electron chi connectivity index (χ4n) is 2.40. The van der Waals surface area contributed by atoms with E-state index in [4.69, 9.17) is 0 Å². The molecule has 0 aliphatic carbocycles. The van der Waals surface area contributed by atoms with Crippen LogP contribution in [0.3, 0.4) is 0 Å². The molecule has 0 aromatic heterocycles. The highest BCUT2D eigenvalue weighted by molar-refractivity contribution is 7.96. The number of hydrogen-bond acceptors (Lipinski definition) is 3. The van der Waals surface area contributed by atoms with E-state index < -0.39 is 15.6 Å². The zero-order valence-electron chi connectivity index (χ0n) is 14.7. The van der Waals surface area contributed by atoms with Crippen molar-refractivity contribution in [3.63, 3.8) is 0 Å². The molecule has 0 heterocycles. The Labute approximate surface area is 149 Å². The Balaban J connectivity index is 2.62. The second kappa shape index (κ2) is 8.08. The van der Waals surface area contributed by atoms with Gasteiger partial charge in [-0.15, -0.1) is 0 Å². The number of benzene rings is 2. The van der Waals surface area contributed by atoms with E-state index in [1.807, 2.05) is 19.9 Å². The van der Waals surface area contributed by atoms with Crippen molar-refractivity contribution in [3.8, 4) is 0 Å². The maximum atomic E-state index is 13.1. The first kappa shape index (κ1) is 18.9. The minimum Gasteiger partial charge on any atom is -0.288 e. The van der Waals surface area contributed by atoms with Gasteiger partial charge in [-0.2, -0.15) is 0 Å². The molecule has 0 fully saturated rings. The molecule has 0 amide bonds. The van der Waals surface area contributed by atoms with Crippen LogP contribution in [0.4, 0.5) is 0 Å². The maximum absolute atomic E-state index is 13.1. The van der Waals surface area contributed by atoms with Crippen LogP contribution in [-0.2, 0) is 14.6 Å². The van der Waals surface area contributed by atoms with E-state index in [0.29, 0.717) is 17.6 Å². The molecule has 0 unspecified atom stereocenters. The van der Waals surface area contributed by atoms with Gasteiger partial charge >= 0.3 is 0 Å². The first-order valence-corrected chi connectivity index (χ1v) is 9.64. The summed E-state index contributed by atoms with van der Waals surface area (Å²) in [6.45, 7) is 5.44. The van der Waals surface area contributed by atoms with E-state index in [2.05, 4.69) is 0 Å². The Morgan fingerprint density at radius 3 is 2.16 bits per heavy atom. The van der Waals surface area contributed by atoms with Crippen molar-refractivity contribution < 1.29 is 13.2 Å². The molecule has 0 aliphatic heterocycles. The summed E-state index contributed by atoms with van der Waals surface area (Å²) >= 11 is 0. The van der Waals surface area contributed by atoms with Crippen LogP contribution in [0.5, 0.6) is 0 Å². The molecule has 0 saturated carbocycles.